The zero-order chi connectivity index (χ0) is 19.7. The van der Waals surface area contributed by atoms with E-state index < -0.39 is 9.84 Å². The maximum Gasteiger partial charge on any atom is 0.211 e. The van der Waals surface area contributed by atoms with Crippen molar-refractivity contribution in [1.82, 2.24) is 9.97 Å². The van der Waals surface area contributed by atoms with Crippen LogP contribution in [0, 0.1) is 0 Å². The standard InChI is InChI=1S/C21H22N2O4S/c1-14(24)17-12-22-21-19(17)20(27-15-8-4-2-5-9-15)18(13-23-21)28(25,26)16-10-6-3-7-11-16/h3,6-7,10-13,15H,2,4-5,8-9H2,1H3,(H,22,23). The molecule has 7 heteroatoms. The number of fused-ring (bicyclic) bond motifs is 1. The quantitative estimate of drug-likeness (QED) is 0.647. The summed E-state index contributed by atoms with van der Waals surface area (Å²) < 4.78 is 32.9. The molecule has 0 unspecified atom stereocenters. The molecule has 1 aliphatic carbocycles. The highest BCUT2D eigenvalue weighted by molar-refractivity contribution is 7.91. The molecule has 3 aromatic rings. The Hall–Kier alpha value is -2.67. The van der Waals surface area contributed by atoms with Gasteiger partial charge in [0.25, 0.3) is 0 Å². The van der Waals surface area contributed by atoms with E-state index >= 15 is 0 Å². The van der Waals surface area contributed by atoms with Crippen molar-refractivity contribution in [2.24, 2.45) is 0 Å². The van der Waals surface area contributed by atoms with Gasteiger partial charge in [0.15, 0.2) is 11.5 Å². The van der Waals surface area contributed by atoms with Gasteiger partial charge in [0.1, 0.15) is 10.5 Å². The number of aromatic amines is 1. The Balaban J connectivity index is 1.93. The van der Waals surface area contributed by atoms with Gasteiger partial charge >= 0.3 is 0 Å². The van der Waals surface area contributed by atoms with Crippen molar-refractivity contribution < 1.29 is 17.9 Å². The Labute approximate surface area is 163 Å². The van der Waals surface area contributed by atoms with Crippen LogP contribution in [0.2, 0.25) is 0 Å². The molecule has 0 radical (unpaired) electrons. The summed E-state index contributed by atoms with van der Waals surface area (Å²) in [4.78, 5) is 19.5. The molecule has 2 heterocycles. The van der Waals surface area contributed by atoms with Crippen molar-refractivity contribution in [1.29, 1.82) is 0 Å². The van der Waals surface area contributed by atoms with Crippen molar-refractivity contribution in [2.75, 3.05) is 0 Å². The summed E-state index contributed by atoms with van der Waals surface area (Å²) in [5, 5.41) is 0.440. The average Bonchev–Trinajstić information content (AvgIpc) is 3.14. The Morgan fingerprint density at radius 3 is 2.54 bits per heavy atom. The van der Waals surface area contributed by atoms with E-state index in [-0.39, 0.29) is 27.4 Å². The molecule has 0 aliphatic heterocycles. The molecule has 2 aromatic heterocycles. The van der Waals surface area contributed by atoms with Crippen LogP contribution in [-0.2, 0) is 9.84 Å². The molecule has 0 spiro atoms. The van der Waals surface area contributed by atoms with Crippen LogP contribution < -0.4 is 4.74 Å². The fourth-order valence-corrected chi connectivity index (χ4v) is 5.07. The number of benzene rings is 1. The van der Waals surface area contributed by atoms with Crippen LogP contribution in [0.4, 0.5) is 0 Å². The number of sulfone groups is 1. The van der Waals surface area contributed by atoms with E-state index in [4.69, 9.17) is 4.74 Å². The molecule has 0 atom stereocenters. The molecule has 146 valence electrons. The van der Waals surface area contributed by atoms with Crippen molar-refractivity contribution in [3.63, 3.8) is 0 Å². The summed E-state index contributed by atoms with van der Waals surface area (Å²) in [6, 6.07) is 8.22. The third kappa shape index (κ3) is 3.30. The molecule has 0 bridgehead atoms. The van der Waals surface area contributed by atoms with Gasteiger partial charge in [-0.3, -0.25) is 4.79 Å². The predicted molar refractivity (Wildman–Crippen MR) is 105 cm³/mol. The van der Waals surface area contributed by atoms with Gasteiger partial charge in [-0.2, -0.15) is 0 Å². The second-order valence-electron chi connectivity index (χ2n) is 7.13. The van der Waals surface area contributed by atoms with Gasteiger partial charge in [-0.05, 0) is 44.7 Å². The first-order chi connectivity index (χ1) is 13.5. The number of pyridine rings is 1. The van der Waals surface area contributed by atoms with Crippen molar-refractivity contribution in [3.8, 4) is 5.75 Å². The fraction of sp³-hybridized carbons (Fsp3) is 0.333. The number of H-pyrrole nitrogens is 1. The molecule has 1 N–H and O–H groups in total. The highest BCUT2D eigenvalue weighted by Crippen LogP contribution is 2.38. The predicted octanol–water partition coefficient (Wildman–Crippen LogP) is 4.31. The number of nitrogens with zero attached hydrogens (tertiary/aromatic N) is 1. The number of Topliss-reactive ketones (excluding diaryl/α,β-unsaturated/α-hetero) is 1. The van der Waals surface area contributed by atoms with Gasteiger partial charge in [-0.15, -0.1) is 0 Å². The zero-order valence-electron chi connectivity index (χ0n) is 15.6. The highest BCUT2D eigenvalue weighted by atomic mass is 32.2. The molecular formula is C21H22N2O4S. The Kier molecular flexibility index (Phi) is 4.93. The van der Waals surface area contributed by atoms with E-state index in [1.165, 1.54) is 13.1 Å². The van der Waals surface area contributed by atoms with E-state index in [0.29, 0.717) is 16.6 Å². The summed E-state index contributed by atoms with van der Waals surface area (Å²) in [7, 11) is -3.84. The van der Waals surface area contributed by atoms with Crippen molar-refractivity contribution in [3.05, 3.63) is 48.3 Å². The summed E-state index contributed by atoms with van der Waals surface area (Å²) in [6.45, 7) is 1.45. The SMILES string of the molecule is CC(=O)c1c[nH]c2ncc(S(=O)(=O)c3ccccc3)c(OC3CCCCC3)c12. The summed E-state index contributed by atoms with van der Waals surface area (Å²) in [5.74, 6) is 0.0583. The highest BCUT2D eigenvalue weighted by Gasteiger charge is 2.29. The van der Waals surface area contributed by atoms with E-state index in [1.807, 2.05) is 0 Å². The lowest BCUT2D eigenvalue weighted by Gasteiger charge is -2.24. The lowest BCUT2D eigenvalue weighted by Crippen LogP contribution is -2.21. The van der Waals surface area contributed by atoms with E-state index in [9.17, 15) is 13.2 Å². The maximum absolute atomic E-state index is 13.3. The summed E-state index contributed by atoms with van der Waals surface area (Å²) in [5.41, 5.74) is 0.835. The molecule has 4 rings (SSSR count). The summed E-state index contributed by atoms with van der Waals surface area (Å²) in [6.07, 6.45) is 7.81. The van der Waals surface area contributed by atoms with Gasteiger partial charge < -0.3 is 9.72 Å². The van der Waals surface area contributed by atoms with Crippen LogP contribution in [-0.4, -0.2) is 30.3 Å². The minimum atomic E-state index is -3.84. The summed E-state index contributed by atoms with van der Waals surface area (Å²) >= 11 is 0. The molecule has 1 fully saturated rings. The van der Waals surface area contributed by atoms with Gasteiger partial charge in [0.2, 0.25) is 9.84 Å². The molecule has 0 saturated heterocycles. The van der Waals surface area contributed by atoms with Gasteiger partial charge in [0.05, 0.1) is 22.6 Å². The van der Waals surface area contributed by atoms with Crippen LogP contribution in [0.3, 0.4) is 0 Å². The number of hydrogen-bond acceptors (Lipinski definition) is 5. The van der Waals surface area contributed by atoms with Crippen LogP contribution in [0.5, 0.6) is 5.75 Å². The largest absolute Gasteiger partial charge is 0.488 e. The van der Waals surface area contributed by atoms with E-state index in [0.717, 1.165) is 32.1 Å². The molecular weight excluding hydrogens is 376 g/mol. The monoisotopic (exact) mass is 398 g/mol. The normalized spacial score (nSPS) is 15.6. The van der Waals surface area contributed by atoms with Gasteiger partial charge in [-0.1, -0.05) is 24.6 Å². The number of ketones is 1. The molecule has 1 saturated carbocycles. The van der Waals surface area contributed by atoms with E-state index in [1.54, 1.807) is 36.5 Å². The maximum atomic E-state index is 13.3. The second kappa shape index (κ2) is 7.39. The Morgan fingerprint density at radius 2 is 1.86 bits per heavy atom. The molecule has 6 nitrogen and oxygen atoms in total. The average molecular weight is 398 g/mol. The van der Waals surface area contributed by atoms with Crippen LogP contribution in [0.15, 0.2) is 52.5 Å². The lowest BCUT2D eigenvalue weighted by atomic mass is 9.98. The topological polar surface area (TPSA) is 89.1 Å². The molecule has 0 amide bonds. The smallest absolute Gasteiger partial charge is 0.211 e. The molecule has 1 aromatic carbocycles. The number of aromatic nitrogens is 2. The third-order valence-corrected chi connectivity index (χ3v) is 6.94. The third-order valence-electron chi connectivity index (χ3n) is 5.18. The van der Waals surface area contributed by atoms with Crippen molar-refractivity contribution >= 4 is 26.7 Å². The fourth-order valence-electron chi connectivity index (χ4n) is 3.71. The number of rotatable bonds is 5. The zero-order valence-corrected chi connectivity index (χ0v) is 16.5. The Bertz CT molecular complexity index is 1110. The number of nitrogens with one attached hydrogen (secondary N) is 1. The molecule has 1 aliphatic rings. The van der Waals surface area contributed by atoms with Gasteiger partial charge in [-0.25, -0.2) is 13.4 Å². The first-order valence-electron chi connectivity index (χ1n) is 9.46. The number of ether oxygens (including phenoxy) is 1. The minimum absolute atomic E-state index is 0.00104. The van der Waals surface area contributed by atoms with Crippen molar-refractivity contribution in [2.45, 2.75) is 54.9 Å². The Morgan fingerprint density at radius 1 is 1.14 bits per heavy atom. The minimum Gasteiger partial charge on any atom is -0.488 e. The first kappa shape index (κ1) is 18.7. The van der Waals surface area contributed by atoms with Crippen LogP contribution >= 0.6 is 0 Å². The first-order valence-corrected chi connectivity index (χ1v) is 10.9. The van der Waals surface area contributed by atoms with Gasteiger partial charge in [0, 0.05) is 11.8 Å². The number of carbonyl (C=O) groups excluding carboxylic acids is 1. The number of carbonyl (C=O) groups is 1. The lowest BCUT2D eigenvalue weighted by molar-refractivity contribution is 0.101. The number of hydrogen-bond donors (Lipinski definition) is 1. The molecule has 28 heavy (non-hydrogen) atoms. The second-order valence-corrected chi connectivity index (χ2v) is 9.05. The van der Waals surface area contributed by atoms with Crippen LogP contribution in [0.25, 0.3) is 11.0 Å². The van der Waals surface area contributed by atoms with E-state index in [2.05, 4.69) is 9.97 Å². The van der Waals surface area contributed by atoms with Crippen LogP contribution in [0.1, 0.15) is 49.4 Å².